The molecule has 2 rings (SSSR count). The van der Waals surface area contributed by atoms with Gasteiger partial charge in [-0.25, -0.2) is 4.39 Å². The molecule has 1 N–H and O–H groups in total. The Labute approximate surface area is 116 Å². The number of hydrogen-bond donors (Lipinski definition) is 1. The first-order valence-corrected chi connectivity index (χ1v) is 7.24. The van der Waals surface area contributed by atoms with Crippen LogP contribution in [-0.4, -0.2) is 37.6 Å². The van der Waals surface area contributed by atoms with Crippen molar-refractivity contribution in [3.8, 4) is 0 Å². The molecule has 1 aliphatic heterocycles. The zero-order valence-corrected chi connectivity index (χ0v) is 12.1. The van der Waals surface area contributed by atoms with Gasteiger partial charge in [0.15, 0.2) is 0 Å². The minimum Gasteiger partial charge on any atom is -0.310 e. The van der Waals surface area contributed by atoms with Crippen molar-refractivity contribution in [3.63, 3.8) is 0 Å². The Morgan fingerprint density at radius 3 is 2.68 bits per heavy atom. The summed E-state index contributed by atoms with van der Waals surface area (Å²) < 4.78 is 13.7. The molecule has 1 aromatic carbocycles. The summed E-state index contributed by atoms with van der Waals surface area (Å²) in [6, 6.07) is 7.14. The summed E-state index contributed by atoms with van der Waals surface area (Å²) in [5, 5.41) is 3.69. The van der Waals surface area contributed by atoms with E-state index in [4.69, 9.17) is 0 Å². The maximum absolute atomic E-state index is 13.7. The number of rotatable bonds is 5. The van der Waals surface area contributed by atoms with Crippen molar-refractivity contribution < 1.29 is 4.39 Å². The monoisotopic (exact) mass is 264 g/mol. The fourth-order valence-electron chi connectivity index (χ4n) is 3.14. The molecule has 1 unspecified atom stereocenters. The summed E-state index contributed by atoms with van der Waals surface area (Å²) in [5.41, 5.74) is 0.998. The van der Waals surface area contributed by atoms with Gasteiger partial charge in [0.25, 0.3) is 0 Å². The van der Waals surface area contributed by atoms with Crippen LogP contribution in [-0.2, 0) is 6.42 Å². The molecule has 0 saturated carbocycles. The first-order chi connectivity index (χ1) is 9.11. The normalized spacial score (nSPS) is 23.8. The molecule has 106 valence electrons. The molecule has 3 heteroatoms. The second-order valence-electron chi connectivity index (χ2n) is 5.99. The number of nitrogens with zero attached hydrogens (tertiary/aromatic N) is 1. The Kier molecular flexibility index (Phi) is 4.94. The maximum Gasteiger partial charge on any atom is 0.126 e. The number of likely N-dealkylation sites (N-methyl/N-ethyl adjacent to an activating group) is 1. The lowest BCUT2D eigenvalue weighted by atomic mass is 9.83. The highest BCUT2D eigenvalue weighted by atomic mass is 19.1. The average molecular weight is 264 g/mol. The fraction of sp³-hybridized carbons (Fsp3) is 0.625. The van der Waals surface area contributed by atoms with Crippen LogP contribution in [0.3, 0.4) is 0 Å². The second-order valence-corrected chi connectivity index (χ2v) is 5.99. The van der Waals surface area contributed by atoms with Gasteiger partial charge >= 0.3 is 0 Å². The molecular formula is C16H25FN2. The molecule has 1 aliphatic rings. The van der Waals surface area contributed by atoms with Gasteiger partial charge < -0.3 is 10.2 Å². The van der Waals surface area contributed by atoms with Gasteiger partial charge in [-0.15, -0.1) is 0 Å². The minimum atomic E-state index is -0.0710. The maximum atomic E-state index is 13.7. The highest BCUT2D eigenvalue weighted by Crippen LogP contribution is 2.26. The summed E-state index contributed by atoms with van der Waals surface area (Å²) in [7, 11) is 4.22. The van der Waals surface area contributed by atoms with E-state index in [2.05, 4.69) is 24.3 Å². The summed E-state index contributed by atoms with van der Waals surface area (Å²) >= 11 is 0. The molecule has 0 amide bonds. The van der Waals surface area contributed by atoms with E-state index in [0.29, 0.717) is 0 Å². The third-order valence-corrected chi connectivity index (χ3v) is 4.03. The van der Waals surface area contributed by atoms with Gasteiger partial charge in [0, 0.05) is 12.1 Å². The number of benzene rings is 1. The van der Waals surface area contributed by atoms with E-state index in [1.54, 1.807) is 12.1 Å². The van der Waals surface area contributed by atoms with E-state index >= 15 is 0 Å². The third kappa shape index (κ3) is 4.02. The molecule has 1 aromatic rings. The van der Waals surface area contributed by atoms with Crippen molar-refractivity contribution in [3.05, 3.63) is 35.6 Å². The van der Waals surface area contributed by atoms with Gasteiger partial charge in [-0.2, -0.15) is 0 Å². The van der Waals surface area contributed by atoms with Crippen LogP contribution in [0.15, 0.2) is 24.3 Å². The second kappa shape index (κ2) is 6.49. The largest absolute Gasteiger partial charge is 0.310 e. The Morgan fingerprint density at radius 1 is 1.26 bits per heavy atom. The standard InChI is InChI=1S/C16H25FN2/c1-19(2)13-16(10-5-6-12-18-16)11-9-14-7-3-4-8-15(14)17/h3-4,7-8,18H,5-6,9-13H2,1-2H3. The van der Waals surface area contributed by atoms with Crippen LogP contribution in [0.1, 0.15) is 31.2 Å². The smallest absolute Gasteiger partial charge is 0.126 e. The van der Waals surface area contributed by atoms with Crippen LogP contribution in [0.4, 0.5) is 4.39 Å². The van der Waals surface area contributed by atoms with Gasteiger partial charge in [0.2, 0.25) is 0 Å². The number of aryl methyl sites for hydroxylation is 1. The molecule has 1 saturated heterocycles. The number of piperidine rings is 1. The van der Waals surface area contributed by atoms with E-state index < -0.39 is 0 Å². The molecular weight excluding hydrogens is 239 g/mol. The van der Waals surface area contributed by atoms with E-state index in [1.807, 2.05) is 12.1 Å². The van der Waals surface area contributed by atoms with Crippen molar-refractivity contribution in [1.29, 1.82) is 0 Å². The number of hydrogen-bond acceptors (Lipinski definition) is 2. The number of halogens is 1. The Hall–Kier alpha value is -0.930. The average Bonchev–Trinajstić information content (AvgIpc) is 2.38. The SMILES string of the molecule is CN(C)CC1(CCc2ccccc2F)CCCCN1. The van der Waals surface area contributed by atoms with E-state index in [1.165, 1.54) is 19.3 Å². The summed E-state index contributed by atoms with van der Waals surface area (Å²) in [5.74, 6) is -0.0710. The van der Waals surface area contributed by atoms with Gasteiger partial charge in [0.05, 0.1) is 0 Å². The molecule has 1 heterocycles. The molecule has 19 heavy (non-hydrogen) atoms. The van der Waals surface area contributed by atoms with Crippen LogP contribution in [0.2, 0.25) is 0 Å². The van der Waals surface area contributed by atoms with E-state index in [9.17, 15) is 4.39 Å². The van der Waals surface area contributed by atoms with Crippen LogP contribution in [0, 0.1) is 5.82 Å². The lowest BCUT2D eigenvalue weighted by Gasteiger charge is -2.40. The Bertz CT molecular complexity index is 397. The zero-order valence-electron chi connectivity index (χ0n) is 12.1. The van der Waals surface area contributed by atoms with Gasteiger partial charge in [-0.1, -0.05) is 24.6 Å². The molecule has 1 fully saturated rings. The Morgan fingerprint density at radius 2 is 2.05 bits per heavy atom. The van der Waals surface area contributed by atoms with E-state index in [0.717, 1.165) is 31.5 Å². The highest BCUT2D eigenvalue weighted by Gasteiger charge is 2.31. The summed E-state index contributed by atoms with van der Waals surface area (Å²) in [6.07, 6.45) is 5.55. The van der Waals surface area contributed by atoms with Gasteiger partial charge in [0.1, 0.15) is 5.82 Å². The first kappa shape index (κ1) is 14.5. The topological polar surface area (TPSA) is 15.3 Å². The molecule has 1 atom stereocenters. The van der Waals surface area contributed by atoms with Crippen LogP contribution >= 0.6 is 0 Å². The van der Waals surface area contributed by atoms with Crippen molar-refractivity contribution in [1.82, 2.24) is 10.2 Å². The minimum absolute atomic E-state index is 0.0710. The quantitative estimate of drug-likeness (QED) is 0.880. The Balaban J connectivity index is 2.02. The van der Waals surface area contributed by atoms with Gasteiger partial charge in [-0.3, -0.25) is 0 Å². The summed E-state index contributed by atoms with van der Waals surface area (Å²) in [4.78, 5) is 2.24. The molecule has 2 nitrogen and oxygen atoms in total. The molecule has 0 spiro atoms. The van der Waals surface area contributed by atoms with Gasteiger partial charge in [-0.05, 0) is 58.0 Å². The van der Waals surface area contributed by atoms with Crippen LogP contribution in [0.25, 0.3) is 0 Å². The molecule has 0 aromatic heterocycles. The van der Waals surface area contributed by atoms with Crippen molar-refractivity contribution >= 4 is 0 Å². The van der Waals surface area contributed by atoms with E-state index in [-0.39, 0.29) is 11.4 Å². The highest BCUT2D eigenvalue weighted by molar-refractivity contribution is 5.18. The van der Waals surface area contributed by atoms with Crippen molar-refractivity contribution in [2.75, 3.05) is 27.2 Å². The molecule has 0 aliphatic carbocycles. The predicted octanol–water partition coefficient (Wildman–Crippen LogP) is 2.83. The van der Waals surface area contributed by atoms with Crippen molar-refractivity contribution in [2.45, 2.75) is 37.6 Å². The van der Waals surface area contributed by atoms with Crippen molar-refractivity contribution in [2.24, 2.45) is 0 Å². The van der Waals surface area contributed by atoms with Crippen LogP contribution < -0.4 is 5.32 Å². The molecule has 0 bridgehead atoms. The first-order valence-electron chi connectivity index (χ1n) is 7.24. The predicted molar refractivity (Wildman–Crippen MR) is 77.9 cm³/mol. The lowest BCUT2D eigenvalue weighted by molar-refractivity contribution is 0.177. The number of nitrogens with one attached hydrogen (secondary N) is 1. The lowest BCUT2D eigenvalue weighted by Crippen LogP contribution is -2.55. The summed E-state index contributed by atoms with van der Waals surface area (Å²) in [6.45, 7) is 2.12. The fourth-order valence-corrected chi connectivity index (χ4v) is 3.14. The third-order valence-electron chi connectivity index (χ3n) is 4.03. The van der Waals surface area contributed by atoms with Crippen LogP contribution in [0.5, 0.6) is 0 Å². The zero-order chi connectivity index (χ0) is 13.7. The molecule has 0 radical (unpaired) electrons.